The first-order valence-corrected chi connectivity index (χ1v) is 5.16. The van der Waals surface area contributed by atoms with E-state index in [0.29, 0.717) is 0 Å². The average molecular weight is 207 g/mol. The lowest BCUT2D eigenvalue weighted by Gasteiger charge is -2.02. The summed E-state index contributed by atoms with van der Waals surface area (Å²) in [6.45, 7) is 0.916. The minimum Gasteiger partial charge on any atom is -0.343 e. The van der Waals surface area contributed by atoms with Gasteiger partial charge in [-0.3, -0.25) is 0 Å². The SMILES string of the molecule is NC1Cc2cc3c(Cl)cccc3n2C1. The molecule has 3 rings (SSSR count). The Morgan fingerprint density at radius 3 is 3.14 bits per heavy atom. The second-order valence-corrected chi connectivity index (χ2v) is 4.29. The molecule has 0 fully saturated rings. The summed E-state index contributed by atoms with van der Waals surface area (Å²) in [6, 6.07) is 8.45. The maximum absolute atomic E-state index is 6.12. The van der Waals surface area contributed by atoms with E-state index in [2.05, 4.69) is 16.7 Å². The van der Waals surface area contributed by atoms with Crippen LogP contribution in [0.15, 0.2) is 24.3 Å². The number of benzene rings is 1. The molecule has 1 aromatic heterocycles. The predicted molar refractivity (Wildman–Crippen MR) is 58.6 cm³/mol. The van der Waals surface area contributed by atoms with Crippen molar-refractivity contribution in [3.05, 3.63) is 35.0 Å². The van der Waals surface area contributed by atoms with Crippen LogP contribution in [0, 0.1) is 0 Å². The molecular formula is C11H11ClN2. The lowest BCUT2D eigenvalue weighted by atomic mass is 10.2. The third kappa shape index (κ3) is 1.01. The first-order chi connectivity index (χ1) is 6.75. The van der Waals surface area contributed by atoms with Gasteiger partial charge in [-0.15, -0.1) is 0 Å². The van der Waals surface area contributed by atoms with E-state index in [1.807, 2.05) is 12.1 Å². The molecule has 1 atom stereocenters. The number of nitrogens with two attached hydrogens (primary N) is 1. The van der Waals surface area contributed by atoms with Crippen molar-refractivity contribution in [1.82, 2.24) is 4.57 Å². The van der Waals surface area contributed by atoms with E-state index in [4.69, 9.17) is 17.3 Å². The zero-order valence-corrected chi connectivity index (χ0v) is 8.46. The summed E-state index contributed by atoms with van der Waals surface area (Å²) >= 11 is 6.12. The first kappa shape index (κ1) is 8.33. The van der Waals surface area contributed by atoms with Gasteiger partial charge in [-0.2, -0.15) is 0 Å². The number of hydrogen-bond donors (Lipinski definition) is 1. The fraction of sp³-hybridized carbons (Fsp3) is 0.273. The van der Waals surface area contributed by atoms with E-state index in [1.165, 1.54) is 11.2 Å². The van der Waals surface area contributed by atoms with Gasteiger partial charge in [-0.1, -0.05) is 17.7 Å². The van der Waals surface area contributed by atoms with Crippen LogP contribution in [-0.2, 0) is 13.0 Å². The van der Waals surface area contributed by atoms with Crippen molar-refractivity contribution >= 4 is 22.5 Å². The third-order valence-electron chi connectivity index (χ3n) is 2.87. The van der Waals surface area contributed by atoms with Gasteiger partial charge in [0.25, 0.3) is 0 Å². The van der Waals surface area contributed by atoms with Crippen molar-refractivity contribution in [2.24, 2.45) is 5.73 Å². The van der Waals surface area contributed by atoms with Crippen molar-refractivity contribution in [3.63, 3.8) is 0 Å². The smallest absolute Gasteiger partial charge is 0.0499 e. The highest BCUT2D eigenvalue weighted by molar-refractivity contribution is 6.35. The monoisotopic (exact) mass is 206 g/mol. The topological polar surface area (TPSA) is 30.9 Å². The Labute approximate surface area is 87.3 Å². The van der Waals surface area contributed by atoms with Crippen LogP contribution in [0.5, 0.6) is 0 Å². The van der Waals surface area contributed by atoms with Gasteiger partial charge < -0.3 is 10.3 Å². The maximum atomic E-state index is 6.12. The van der Waals surface area contributed by atoms with Gasteiger partial charge >= 0.3 is 0 Å². The average Bonchev–Trinajstić information content (AvgIpc) is 2.63. The summed E-state index contributed by atoms with van der Waals surface area (Å²) in [7, 11) is 0. The summed E-state index contributed by atoms with van der Waals surface area (Å²) in [4.78, 5) is 0. The lowest BCUT2D eigenvalue weighted by molar-refractivity contribution is 0.652. The van der Waals surface area contributed by atoms with Crippen molar-refractivity contribution in [2.75, 3.05) is 0 Å². The fourth-order valence-corrected chi connectivity index (χ4v) is 2.48. The molecule has 0 radical (unpaired) electrons. The van der Waals surface area contributed by atoms with Crippen LogP contribution in [0.1, 0.15) is 5.69 Å². The number of rotatable bonds is 0. The number of fused-ring (bicyclic) bond motifs is 3. The van der Waals surface area contributed by atoms with Crippen LogP contribution < -0.4 is 5.73 Å². The summed E-state index contributed by atoms with van der Waals surface area (Å²) in [5.41, 5.74) is 8.42. The van der Waals surface area contributed by atoms with Crippen LogP contribution >= 0.6 is 11.6 Å². The zero-order chi connectivity index (χ0) is 9.71. The molecule has 14 heavy (non-hydrogen) atoms. The highest BCUT2D eigenvalue weighted by atomic mass is 35.5. The van der Waals surface area contributed by atoms with Crippen molar-refractivity contribution in [1.29, 1.82) is 0 Å². The lowest BCUT2D eigenvalue weighted by Crippen LogP contribution is -2.20. The molecule has 1 aliphatic rings. The fourth-order valence-electron chi connectivity index (χ4n) is 2.26. The molecule has 72 valence electrons. The standard InChI is InChI=1S/C11H11ClN2/c12-10-2-1-3-11-9(10)5-8-4-7(13)6-14(8)11/h1-3,5,7H,4,6,13H2. The van der Waals surface area contributed by atoms with E-state index >= 15 is 0 Å². The van der Waals surface area contributed by atoms with E-state index in [0.717, 1.165) is 23.4 Å². The van der Waals surface area contributed by atoms with Crippen molar-refractivity contribution in [2.45, 2.75) is 19.0 Å². The molecule has 0 aliphatic carbocycles. The first-order valence-electron chi connectivity index (χ1n) is 4.78. The number of aromatic nitrogens is 1. The summed E-state index contributed by atoms with van der Waals surface area (Å²) in [5, 5.41) is 1.98. The van der Waals surface area contributed by atoms with Crippen LogP contribution in [-0.4, -0.2) is 10.6 Å². The minimum absolute atomic E-state index is 0.272. The molecule has 0 bridgehead atoms. The summed E-state index contributed by atoms with van der Waals surface area (Å²) in [6.07, 6.45) is 0.963. The van der Waals surface area contributed by atoms with Gasteiger partial charge in [0.1, 0.15) is 0 Å². The van der Waals surface area contributed by atoms with E-state index in [-0.39, 0.29) is 6.04 Å². The largest absolute Gasteiger partial charge is 0.343 e. The highest BCUT2D eigenvalue weighted by Crippen LogP contribution is 2.30. The molecule has 1 aliphatic heterocycles. The van der Waals surface area contributed by atoms with Crippen LogP contribution in [0.3, 0.4) is 0 Å². The van der Waals surface area contributed by atoms with Gasteiger partial charge in [0.2, 0.25) is 0 Å². The Bertz CT molecular complexity index is 501. The molecule has 1 unspecified atom stereocenters. The Morgan fingerprint density at radius 1 is 1.43 bits per heavy atom. The molecule has 2 heterocycles. The van der Waals surface area contributed by atoms with E-state index < -0.39 is 0 Å². The van der Waals surface area contributed by atoms with Crippen LogP contribution in [0.2, 0.25) is 5.02 Å². The number of nitrogens with zero attached hydrogens (tertiary/aromatic N) is 1. The third-order valence-corrected chi connectivity index (χ3v) is 3.20. The van der Waals surface area contributed by atoms with Crippen LogP contribution in [0.4, 0.5) is 0 Å². The normalized spacial score (nSPS) is 20.3. The Morgan fingerprint density at radius 2 is 2.29 bits per heavy atom. The number of hydrogen-bond acceptors (Lipinski definition) is 1. The molecule has 1 aromatic carbocycles. The number of halogens is 1. The molecule has 3 heteroatoms. The second kappa shape index (κ2) is 2.75. The van der Waals surface area contributed by atoms with Gasteiger partial charge in [0.15, 0.2) is 0 Å². The van der Waals surface area contributed by atoms with Gasteiger partial charge in [0.05, 0.1) is 0 Å². The Balaban J connectivity index is 2.33. The summed E-state index contributed by atoms with van der Waals surface area (Å²) in [5.74, 6) is 0. The molecule has 0 saturated carbocycles. The van der Waals surface area contributed by atoms with Gasteiger partial charge in [-0.25, -0.2) is 0 Å². The highest BCUT2D eigenvalue weighted by Gasteiger charge is 2.20. The Hall–Kier alpha value is -0.990. The molecule has 2 N–H and O–H groups in total. The predicted octanol–water partition coefficient (Wildman–Crippen LogP) is 2.18. The molecule has 0 amide bonds. The minimum atomic E-state index is 0.272. The quantitative estimate of drug-likeness (QED) is 0.704. The molecule has 0 spiro atoms. The zero-order valence-electron chi connectivity index (χ0n) is 7.70. The molecule has 2 nitrogen and oxygen atoms in total. The van der Waals surface area contributed by atoms with E-state index in [9.17, 15) is 0 Å². The van der Waals surface area contributed by atoms with Crippen molar-refractivity contribution in [3.8, 4) is 0 Å². The molecule has 0 saturated heterocycles. The Kier molecular flexibility index (Phi) is 1.64. The van der Waals surface area contributed by atoms with Gasteiger partial charge in [0, 0.05) is 40.6 Å². The van der Waals surface area contributed by atoms with E-state index in [1.54, 1.807) is 0 Å². The van der Waals surface area contributed by atoms with Crippen LogP contribution in [0.25, 0.3) is 10.9 Å². The van der Waals surface area contributed by atoms with Crippen molar-refractivity contribution < 1.29 is 0 Å². The molecule has 2 aromatic rings. The maximum Gasteiger partial charge on any atom is 0.0499 e. The second-order valence-electron chi connectivity index (χ2n) is 3.88. The van der Waals surface area contributed by atoms with Gasteiger partial charge in [-0.05, 0) is 18.2 Å². The summed E-state index contributed by atoms with van der Waals surface area (Å²) < 4.78 is 2.27. The molecular weight excluding hydrogens is 196 g/mol.